The number of methoxy groups -OCH3 is 1. The number of ether oxygens (including phenoxy) is 2. The minimum absolute atomic E-state index is 0.0861. The summed E-state index contributed by atoms with van der Waals surface area (Å²) < 4.78 is 11.1. The summed E-state index contributed by atoms with van der Waals surface area (Å²) in [5, 5.41) is 4.58. The maximum Gasteiger partial charge on any atom is 0.326 e. The van der Waals surface area contributed by atoms with E-state index in [1.165, 1.54) is 0 Å². The molecule has 2 rings (SSSR count). The summed E-state index contributed by atoms with van der Waals surface area (Å²) in [6, 6.07) is 4.81. The molecule has 1 aliphatic heterocycles. The van der Waals surface area contributed by atoms with Crippen LogP contribution in [0, 0.1) is 0 Å². The quantitative estimate of drug-likeness (QED) is 0.643. The van der Waals surface area contributed by atoms with Crippen molar-refractivity contribution in [1.29, 1.82) is 0 Å². The Hall–Kier alpha value is -2.50. The van der Waals surface area contributed by atoms with Crippen LogP contribution in [0.15, 0.2) is 23.9 Å². The molecule has 1 atom stereocenters. The van der Waals surface area contributed by atoms with Crippen molar-refractivity contribution in [1.82, 2.24) is 10.6 Å². The Kier molecular flexibility index (Phi) is 4.47. The van der Waals surface area contributed by atoms with E-state index in [1.807, 2.05) is 13.8 Å². The van der Waals surface area contributed by atoms with E-state index in [2.05, 4.69) is 10.6 Å². The topological polar surface area (TPSA) is 76.7 Å². The Bertz CT molecular complexity index is 595. The highest BCUT2D eigenvalue weighted by molar-refractivity contribution is 6.13. The molecule has 0 saturated carbocycles. The minimum atomic E-state index is -0.519. The van der Waals surface area contributed by atoms with Crippen LogP contribution in [0.4, 0.5) is 4.79 Å². The van der Waals surface area contributed by atoms with Crippen molar-refractivity contribution >= 4 is 18.0 Å². The highest BCUT2D eigenvalue weighted by Crippen LogP contribution is 2.30. The fourth-order valence-corrected chi connectivity index (χ4v) is 1.82. The van der Waals surface area contributed by atoms with Crippen molar-refractivity contribution in [3.05, 3.63) is 29.5 Å². The Morgan fingerprint density at radius 1 is 1.24 bits per heavy atom. The maximum absolute atomic E-state index is 11.5. The molecule has 2 N–H and O–H groups in total. The van der Waals surface area contributed by atoms with Gasteiger partial charge in [0.2, 0.25) is 0 Å². The number of urea groups is 1. The number of hydrogen-bond acceptors (Lipinski definition) is 4. The van der Waals surface area contributed by atoms with Crippen LogP contribution < -0.4 is 20.1 Å². The molecule has 0 radical (unpaired) electrons. The van der Waals surface area contributed by atoms with Crippen LogP contribution in [0.1, 0.15) is 25.8 Å². The summed E-state index contributed by atoms with van der Waals surface area (Å²) in [5.41, 5.74) is 0.938. The first-order valence-corrected chi connectivity index (χ1v) is 6.72. The SMILES string of the molecule is CC[C@H](C)Oc1ccc(/C=C2/NC(=O)NC2=O)cc1OC. The number of nitrogens with one attached hydrogen (secondary N) is 2. The van der Waals surface area contributed by atoms with E-state index < -0.39 is 11.9 Å². The first-order chi connectivity index (χ1) is 10.0. The summed E-state index contributed by atoms with van der Waals surface area (Å²) >= 11 is 0. The normalized spacial score (nSPS) is 17.4. The molecule has 0 bridgehead atoms. The molecule has 1 fully saturated rings. The van der Waals surface area contributed by atoms with Gasteiger partial charge in [0.1, 0.15) is 5.70 Å². The summed E-state index contributed by atoms with van der Waals surface area (Å²) in [5.74, 6) is 0.780. The summed E-state index contributed by atoms with van der Waals surface area (Å²) in [7, 11) is 1.56. The molecule has 0 spiro atoms. The Morgan fingerprint density at radius 2 is 2.00 bits per heavy atom. The molecule has 0 aliphatic carbocycles. The number of imide groups is 1. The monoisotopic (exact) mass is 290 g/mol. The molecule has 21 heavy (non-hydrogen) atoms. The third kappa shape index (κ3) is 3.53. The van der Waals surface area contributed by atoms with Crippen LogP contribution >= 0.6 is 0 Å². The second kappa shape index (κ2) is 6.30. The summed E-state index contributed by atoms with van der Waals surface area (Å²) in [6.45, 7) is 4.02. The molecule has 1 aromatic carbocycles. The van der Waals surface area contributed by atoms with Gasteiger partial charge in [0.15, 0.2) is 11.5 Å². The van der Waals surface area contributed by atoms with Crippen LogP contribution in [0.3, 0.4) is 0 Å². The first-order valence-electron chi connectivity index (χ1n) is 6.72. The highest BCUT2D eigenvalue weighted by Gasteiger charge is 2.22. The standard InChI is InChI=1S/C15H18N2O4/c1-4-9(2)21-12-6-5-10(8-13(12)20-3)7-11-14(18)17-15(19)16-11/h5-9H,4H2,1-3H3,(H2,16,17,18,19)/b11-7+/t9-/m0/s1. The largest absolute Gasteiger partial charge is 0.493 e. The van der Waals surface area contributed by atoms with E-state index in [1.54, 1.807) is 31.4 Å². The maximum atomic E-state index is 11.5. The van der Waals surface area contributed by atoms with Gasteiger partial charge in [0.25, 0.3) is 5.91 Å². The van der Waals surface area contributed by atoms with Crippen LogP contribution in [0.2, 0.25) is 0 Å². The first kappa shape index (κ1) is 14.9. The van der Waals surface area contributed by atoms with Gasteiger partial charge in [-0.05, 0) is 37.1 Å². The number of hydrogen-bond donors (Lipinski definition) is 2. The molecular weight excluding hydrogens is 272 g/mol. The van der Waals surface area contributed by atoms with Crippen molar-refractivity contribution < 1.29 is 19.1 Å². The van der Waals surface area contributed by atoms with Crippen LogP contribution in [-0.2, 0) is 4.79 Å². The molecule has 1 aromatic rings. The van der Waals surface area contributed by atoms with Crippen molar-refractivity contribution in [3.8, 4) is 11.5 Å². The van der Waals surface area contributed by atoms with Gasteiger partial charge in [0.05, 0.1) is 13.2 Å². The van der Waals surface area contributed by atoms with E-state index >= 15 is 0 Å². The Labute approximate surface area is 123 Å². The predicted molar refractivity (Wildman–Crippen MR) is 78.0 cm³/mol. The zero-order chi connectivity index (χ0) is 15.4. The zero-order valence-electron chi connectivity index (χ0n) is 12.2. The summed E-state index contributed by atoms with van der Waals surface area (Å²) in [6.07, 6.45) is 2.56. The molecule has 6 nitrogen and oxygen atoms in total. The average Bonchev–Trinajstić information content (AvgIpc) is 2.78. The second-order valence-electron chi connectivity index (χ2n) is 4.71. The average molecular weight is 290 g/mol. The smallest absolute Gasteiger partial charge is 0.326 e. The molecule has 0 unspecified atom stereocenters. The molecule has 1 aliphatic rings. The minimum Gasteiger partial charge on any atom is -0.493 e. The Balaban J connectivity index is 2.25. The van der Waals surface area contributed by atoms with Crippen molar-refractivity contribution in [2.45, 2.75) is 26.4 Å². The van der Waals surface area contributed by atoms with E-state index in [-0.39, 0.29) is 11.8 Å². The lowest BCUT2D eigenvalue weighted by molar-refractivity contribution is -0.115. The lowest BCUT2D eigenvalue weighted by Crippen LogP contribution is -2.22. The number of amides is 3. The van der Waals surface area contributed by atoms with Gasteiger partial charge in [-0.25, -0.2) is 4.79 Å². The van der Waals surface area contributed by atoms with Gasteiger partial charge in [-0.2, -0.15) is 0 Å². The molecule has 112 valence electrons. The van der Waals surface area contributed by atoms with Gasteiger partial charge in [-0.15, -0.1) is 0 Å². The molecule has 1 saturated heterocycles. The van der Waals surface area contributed by atoms with Gasteiger partial charge in [-0.3, -0.25) is 10.1 Å². The van der Waals surface area contributed by atoms with E-state index in [4.69, 9.17) is 9.47 Å². The lowest BCUT2D eigenvalue weighted by atomic mass is 10.1. The second-order valence-corrected chi connectivity index (χ2v) is 4.71. The van der Waals surface area contributed by atoms with Crippen LogP contribution in [0.25, 0.3) is 6.08 Å². The fourth-order valence-electron chi connectivity index (χ4n) is 1.82. The van der Waals surface area contributed by atoms with Gasteiger partial charge in [0, 0.05) is 0 Å². The molecule has 6 heteroatoms. The number of carbonyl (C=O) groups excluding carboxylic acids is 2. The number of rotatable bonds is 5. The third-order valence-corrected chi connectivity index (χ3v) is 3.12. The van der Waals surface area contributed by atoms with E-state index in [0.29, 0.717) is 11.5 Å². The summed E-state index contributed by atoms with van der Waals surface area (Å²) in [4.78, 5) is 22.5. The van der Waals surface area contributed by atoms with Crippen LogP contribution in [-0.4, -0.2) is 25.2 Å². The fraction of sp³-hybridized carbons (Fsp3) is 0.333. The highest BCUT2D eigenvalue weighted by atomic mass is 16.5. The van der Waals surface area contributed by atoms with Gasteiger partial charge in [-0.1, -0.05) is 13.0 Å². The predicted octanol–water partition coefficient (Wildman–Crippen LogP) is 2.05. The number of benzene rings is 1. The van der Waals surface area contributed by atoms with Gasteiger partial charge >= 0.3 is 6.03 Å². The van der Waals surface area contributed by atoms with Crippen LogP contribution in [0.5, 0.6) is 11.5 Å². The third-order valence-electron chi connectivity index (χ3n) is 3.12. The van der Waals surface area contributed by atoms with E-state index in [9.17, 15) is 9.59 Å². The molecule has 0 aromatic heterocycles. The van der Waals surface area contributed by atoms with Crippen molar-refractivity contribution in [2.75, 3.05) is 7.11 Å². The van der Waals surface area contributed by atoms with Crippen molar-refractivity contribution in [2.24, 2.45) is 0 Å². The van der Waals surface area contributed by atoms with E-state index in [0.717, 1.165) is 12.0 Å². The van der Waals surface area contributed by atoms with Crippen molar-refractivity contribution in [3.63, 3.8) is 0 Å². The van der Waals surface area contributed by atoms with Gasteiger partial charge < -0.3 is 14.8 Å². The molecule has 1 heterocycles. The molecule has 3 amide bonds. The number of carbonyl (C=O) groups is 2. The molecular formula is C15H18N2O4. The lowest BCUT2D eigenvalue weighted by Gasteiger charge is -2.15. The Morgan fingerprint density at radius 3 is 2.57 bits per heavy atom. The zero-order valence-corrected chi connectivity index (χ0v) is 12.2.